The number of anilines is 2. The van der Waals surface area contributed by atoms with E-state index in [0.717, 1.165) is 5.56 Å². The van der Waals surface area contributed by atoms with Crippen molar-refractivity contribution in [2.45, 2.75) is 25.9 Å². The lowest BCUT2D eigenvalue weighted by molar-refractivity contribution is 0.0599. The van der Waals surface area contributed by atoms with Gasteiger partial charge in [0, 0.05) is 76.6 Å². The average molecular weight is 545 g/mol. The smallest absolute Gasteiger partial charge is 0.339 e. The van der Waals surface area contributed by atoms with Gasteiger partial charge in [-0.15, -0.1) is 11.3 Å². The number of hydrogen-bond acceptors (Lipinski definition) is 10. The van der Waals surface area contributed by atoms with Crippen molar-refractivity contribution in [1.29, 1.82) is 0 Å². The summed E-state index contributed by atoms with van der Waals surface area (Å²) < 4.78 is 4.82. The molecule has 200 valence electrons. The highest BCUT2D eigenvalue weighted by Crippen LogP contribution is 2.33. The fourth-order valence-corrected chi connectivity index (χ4v) is 4.38. The summed E-state index contributed by atoms with van der Waals surface area (Å²) in [6.07, 6.45) is 8.40. The minimum Gasteiger partial charge on any atom is -0.465 e. The number of methoxy groups -OCH3 is 1. The predicted molar refractivity (Wildman–Crippen MR) is 152 cm³/mol. The quantitative estimate of drug-likeness (QED) is 0.159. The van der Waals surface area contributed by atoms with Crippen LogP contribution in [0.5, 0.6) is 0 Å². The second-order valence-electron chi connectivity index (χ2n) is 9.31. The van der Waals surface area contributed by atoms with Crippen LogP contribution in [0.3, 0.4) is 0 Å². The Balaban J connectivity index is 1.69. The number of pyridine rings is 2. The number of aliphatic hydroxyl groups is 1. The zero-order valence-corrected chi connectivity index (χ0v) is 22.5. The summed E-state index contributed by atoms with van der Waals surface area (Å²) in [6, 6.07) is 8.68. The number of esters is 1. The van der Waals surface area contributed by atoms with Crippen molar-refractivity contribution in [3.63, 3.8) is 0 Å². The number of carbonyl (C=O) groups excluding carboxylic acids is 2. The van der Waals surface area contributed by atoms with Gasteiger partial charge in [-0.25, -0.2) is 9.78 Å². The Morgan fingerprint density at radius 1 is 1.18 bits per heavy atom. The molecule has 0 aliphatic carbocycles. The summed E-state index contributed by atoms with van der Waals surface area (Å²) in [5, 5.41) is 15.2. The van der Waals surface area contributed by atoms with Crippen molar-refractivity contribution in [2.24, 2.45) is 4.99 Å². The summed E-state index contributed by atoms with van der Waals surface area (Å²) in [6.45, 7) is 3.83. The molecule has 1 amide bonds. The molecule has 0 saturated heterocycles. The maximum atomic E-state index is 13.3. The highest BCUT2D eigenvalue weighted by atomic mass is 32.1. The molecule has 0 radical (unpaired) electrons. The molecule has 0 saturated carbocycles. The van der Waals surface area contributed by atoms with Crippen molar-refractivity contribution >= 4 is 40.8 Å². The van der Waals surface area contributed by atoms with Gasteiger partial charge in [-0.1, -0.05) is 0 Å². The fourth-order valence-electron chi connectivity index (χ4n) is 3.59. The Kier molecular flexibility index (Phi) is 8.43. The van der Waals surface area contributed by atoms with Crippen LogP contribution in [0.1, 0.15) is 46.7 Å². The van der Waals surface area contributed by atoms with E-state index in [0.29, 0.717) is 46.0 Å². The number of nitrogen functional groups attached to an aromatic ring is 1. The summed E-state index contributed by atoms with van der Waals surface area (Å²) in [4.78, 5) is 42.5. The van der Waals surface area contributed by atoms with Crippen LogP contribution >= 0.6 is 11.3 Å². The minimum atomic E-state index is -0.842. The van der Waals surface area contributed by atoms with Crippen molar-refractivity contribution in [1.82, 2.24) is 15.0 Å². The molecule has 3 aromatic heterocycles. The molecular weight excluding hydrogens is 516 g/mol. The number of thiazole rings is 1. The lowest BCUT2D eigenvalue weighted by Gasteiger charge is -2.15. The first kappa shape index (κ1) is 27.6. The van der Waals surface area contributed by atoms with Gasteiger partial charge in [-0.3, -0.25) is 19.8 Å². The van der Waals surface area contributed by atoms with Gasteiger partial charge in [0.2, 0.25) is 0 Å². The third-order valence-electron chi connectivity index (χ3n) is 5.67. The van der Waals surface area contributed by atoms with Crippen molar-refractivity contribution in [3.05, 3.63) is 77.3 Å². The number of benzene rings is 1. The number of nitrogens with one attached hydrogen (secondary N) is 1. The second-order valence-corrected chi connectivity index (χ2v) is 10.2. The molecule has 4 aromatic rings. The normalized spacial score (nSPS) is 11.5. The Morgan fingerprint density at radius 2 is 1.97 bits per heavy atom. The van der Waals surface area contributed by atoms with E-state index in [1.165, 1.54) is 24.6 Å². The summed E-state index contributed by atoms with van der Waals surface area (Å²) >= 11 is 1.34. The predicted octanol–water partition coefficient (Wildman–Crippen LogP) is 4.47. The summed E-state index contributed by atoms with van der Waals surface area (Å²) in [7, 11) is 1.29. The number of ether oxygens (including phenoxy) is 1. The highest BCUT2D eigenvalue weighted by molar-refractivity contribution is 7.13. The molecule has 3 heterocycles. The number of nitrogens with two attached hydrogens (primary N) is 1. The lowest BCUT2D eigenvalue weighted by Crippen LogP contribution is -2.19. The minimum absolute atomic E-state index is 0.239. The lowest BCUT2D eigenvalue weighted by atomic mass is 10.00. The number of aliphatic imine (C=N–C) groups is 1. The molecule has 0 aliphatic rings. The van der Waals surface area contributed by atoms with Gasteiger partial charge in [0.05, 0.1) is 18.3 Å². The van der Waals surface area contributed by atoms with E-state index in [9.17, 15) is 14.7 Å². The van der Waals surface area contributed by atoms with Gasteiger partial charge in [0.25, 0.3) is 5.91 Å². The summed E-state index contributed by atoms with van der Waals surface area (Å²) in [5.41, 5.74) is 9.33. The first-order chi connectivity index (χ1) is 18.6. The molecule has 0 bridgehead atoms. The molecule has 0 fully saturated rings. The van der Waals surface area contributed by atoms with Gasteiger partial charge >= 0.3 is 5.97 Å². The molecule has 0 aliphatic heterocycles. The van der Waals surface area contributed by atoms with Gasteiger partial charge < -0.3 is 20.9 Å². The van der Waals surface area contributed by atoms with E-state index < -0.39 is 17.5 Å². The van der Waals surface area contributed by atoms with Crippen LogP contribution in [-0.2, 0) is 4.74 Å². The van der Waals surface area contributed by atoms with Crippen LogP contribution in [0.15, 0.2) is 65.5 Å². The van der Waals surface area contributed by atoms with E-state index in [2.05, 4.69) is 25.3 Å². The van der Waals surface area contributed by atoms with Gasteiger partial charge in [0.15, 0.2) is 0 Å². The van der Waals surface area contributed by atoms with Crippen LogP contribution < -0.4 is 11.1 Å². The van der Waals surface area contributed by atoms with Crippen LogP contribution in [-0.4, -0.2) is 57.4 Å². The summed E-state index contributed by atoms with van der Waals surface area (Å²) in [5.74, 6) is -0.960. The third-order valence-corrected chi connectivity index (χ3v) is 6.56. The van der Waals surface area contributed by atoms with E-state index in [4.69, 9.17) is 10.5 Å². The fraction of sp³-hybridized carbons (Fsp3) is 0.214. The second kappa shape index (κ2) is 11.9. The van der Waals surface area contributed by atoms with Gasteiger partial charge in [-0.05, 0) is 50.6 Å². The van der Waals surface area contributed by atoms with Crippen molar-refractivity contribution < 1.29 is 19.4 Å². The molecule has 0 spiro atoms. The molecule has 0 unspecified atom stereocenters. The number of carbonyl (C=O) groups is 2. The van der Waals surface area contributed by atoms with Crippen molar-refractivity contribution in [2.75, 3.05) is 24.7 Å². The SMILES string of the molecule is COC(=O)c1cncc(-c2cc(N)c(C=NCCC(C)(C)O)cc2NC(=O)c2csc(-c3cccnc3)n2)c1. The van der Waals surface area contributed by atoms with E-state index in [1.54, 1.807) is 68.3 Å². The van der Waals surface area contributed by atoms with Gasteiger partial charge in [0.1, 0.15) is 10.7 Å². The Labute approximate surface area is 229 Å². The largest absolute Gasteiger partial charge is 0.465 e. The topological polar surface area (TPSA) is 153 Å². The first-order valence-corrected chi connectivity index (χ1v) is 12.9. The van der Waals surface area contributed by atoms with Crippen LogP contribution in [0.25, 0.3) is 21.7 Å². The number of nitrogens with zero attached hydrogens (tertiary/aromatic N) is 4. The average Bonchev–Trinajstić information content (AvgIpc) is 3.43. The monoisotopic (exact) mass is 544 g/mol. The third kappa shape index (κ3) is 7.09. The maximum Gasteiger partial charge on any atom is 0.339 e. The number of rotatable bonds is 9. The van der Waals surface area contributed by atoms with Crippen molar-refractivity contribution in [3.8, 4) is 21.7 Å². The van der Waals surface area contributed by atoms with Crippen LogP contribution in [0, 0.1) is 0 Å². The molecule has 4 rings (SSSR count). The Morgan fingerprint density at radius 3 is 2.69 bits per heavy atom. The van der Waals surface area contributed by atoms with E-state index in [-0.39, 0.29) is 11.3 Å². The zero-order chi connectivity index (χ0) is 28.0. The molecule has 11 heteroatoms. The molecular formula is C28H28N6O4S. The molecule has 39 heavy (non-hydrogen) atoms. The number of amides is 1. The number of aromatic nitrogens is 3. The number of hydrogen-bond donors (Lipinski definition) is 3. The van der Waals surface area contributed by atoms with Crippen LogP contribution in [0.4, 0.5) is 11.4 Å². The maximum absolute atomic E-state index is 13.3. The van der Waals surface area contributed by atoms with Crippen LogP contribution in [0.2, 0.25) is 0 Å². The molecule has 10 nitrogen and oxygen atoms in total. The molecule has 0 atom stereocenters. The van der Waals surface area contributed by atoms with E-state index in [1.807, 2.05) is 6.07 Å². The Hall–Kier alpha value is -4.48. The van der Waals surface area contributed by atoms with E-state index >= 15 is 0 Å². The van der Waals surface area contributed by atoms with Gasteiger partial charge in [-0.2, -0.15) is 0 Å². The zero-order valence-electron chi connectivity index (χ0n) is 21.7. The molecule has 1 aromatic carbocycles. The first-order valence-electron chi connectivity index (χ1n) is 12.0. The molecule has 4 N–H and O–H groups in total. The Bertz CT molecular complexity index is 1510. The standard InChI is InChI=1S/C28H28N6O4S/c1-28(2,37)6-8-31-14-19-10-23(21(11-22(19)29)18-9-20(15-32-13-18)27(36)38-3)33-25(35)24-16-39-26(34-24)17-5-4-7-30-12-17/h4-5,7,9-16,37H,6,8,29H2,1-3H3,(H,33,35). The highest BCUT2D eigenvalue weighted by Gasteiger charge is 2.18.